The van der Waals surface area contributed by atoms with E-state index in [1.807, 2.05) is 0 Å². The maximum Gasteiger partial charge on any atom is 0.00671 e. The Labute approximate surface area is 127 Å². The van der Waals surface area contributed by atoms with Crippen LogP contribution in [0.3, 0.4) is 0 Å². The van der Waals surface area contributed by atoms with Crippen molar-refractivity contribution < 1.29 is 0 Å². The Bertz CT molecular complexity index is 252. The van der Waals surface area contributed by atoms with Gasteiger partial charge in [0.15, 0.2) is 0 Å². The molecule has 2 fully saturated rings. The van der Waals surface area contributed by atoms with Crippen LogP contribution in [0.1, 0.15) is 85.0 Å². The zero-order valence-electron chi connectivity index (χ0n) is 14.2. The molecular weight excluding hydrogens is 242 g/mol. The lowest BCUT2D eigenvalue weighted by Crippen LogP contribution is -2.31. The second-order valence-electron chi connectivity index (χ2n) is 8.08. The highest BCUT2D eigenvalue weighted by Crippen LogP contribution is 2.31. The minimum Gasteiger partial charge on any atom is -0.314 e. The van der Waals surface area contributed by atoms with E-state index >= 15 is 0 Å². The Hall–Kier alpha value is -0.0400. The quantitative estimate of drug-likeness (QED) is 0.665. The van der Waals surface area contributed by atoms with Gasteiger partial charge in [0.25, 0.3) is 0 Å². The van der Waals surface area contributed by atoms with E-state index in [2.05, 4.69) is 26.1 Å². The monoisotopic (exact) mass is 279 g/mol. The summed E-state index contributed by atoms with van der Waals surface area (Å²) in [4.78, 5) is 0. The van der Waals surface area contributed by atoms with Crippen LogP contribution in [-0.2, 0) is 0 Å². The van der Waals surface area contributed by atoms with Gasteiger partial charge in [-0.2, -0.15) is 0 Å². The van der Waals surface area contributed by atoms with Crippen LogP contribution in [0.2, 0.25) is 0 Å². The predicted octanol–water partition coefficient (Wildman–Crippen LogP) is 5.40. The van der Waals surface area contributed by atoms with Crippen LogP contribution in [0.25, 0.3) is 0 Å². The molecule has 0 bridgehead atoms. The molecule has 0 spiro atoms. The second-order valence-corrected chi connectivity index (χ2v) is 8.08. The van der Waals surface area contributed by atoms with E-state index in [4.69, 9.17) is 0 Å². The molecule has 2 unspecified atom stereocenters. The van der Waals surface area contributed by atoms with Gasteiger partial charge in [-0.25, -0.2) is 0 Å². The van der Waals surface area contributed by atoms with Crippen molar-refractivity contribution in [1.82, 2.24) is 5.32 Å². The molecule has 0 amide bonds. The molecule has 20 heavy (non-hydrogen) atoms. The third-order valence-electron chi connectivity index (χ3n) is 6.08. The predicted molar refractivity (Wildman–Crippen MR) is 88.9 cm³/mol. The summed E-state index contributed by atoms with van der Waals surface area (Å²) >= 11 is 0. The number of rotatable bonds is 5. The van der Waals surface area contributed by atoms with Crippen molar-refractivity contribution in [2.75, 3.05) is 6.54 Å². The molecule has 0 heterocycles. The molecule has 2 aliphatic rings. The van der Waals surface area contributed by atoms with Crippen LogP contribution >= 0.6 is 0 Å². The molecule has 2 saturated carbocycles. The fourth-order valence-corrected chi connectivity index (χ4v) is 4.31. The summed E-state index contributed by atoms with van der Waals surface area (Å²) in [5, 5.41) is 3.88. The molecule has 0 saturated heterocycles. The first-order valence-corrected chi connectivity index (χ1v) is 9.38. The van der Waals surface area contributed by atoms with Crippen LogP contribution in [0.4, 0.5) is 0 Å². The summed E-state index contributed by atoms with van der Waals surface area (Å²) in [7, 11) is 0. The lowest BCUT2D eigenvalue weighted by Gasteiger charge is -2.27. The number of nitrogens with one attached hydrogen (secondary N) is 1. The van der Waals surface area contributed by atoms with Gasteiger partial charge in [0, 0.05) is 6.04 Å². The molecule has 118 valence electrons. The molecule has 2 rings (SSSR count). The van der Waals surface area contributed by atoms with Crippen molar-refractivity contribution in [1.29, 1.82) is 0 Å². The summed E-state index contributed by atoms with van der Waals surface area (Å²) in [6, 6.07) is 0.821. The van der Waals surface area contributed by atoms with Gasteiger partial charge in [-0.15, -0.1) is 0 Å². The van der Waals surface area contributed by atoms with E-state index in [0.717, 1.165) is 29.7 Å². The van der Waals surface area contributed by atoms with Crippen LogP contribution in [-0.4, -0.2) is 12.6 Å². The highest BCUT2D eigenvalue weighted by molar-refractivity contribution is 4.77. The molecule has 2 atom stereocenters. The molecule has 1 N–H and O–H groups in total. The van der Waals surface area contributed by atoms with Gasteiger partial charge >= 0.3 is 0 Å². The zero-order valence-corrected chi connectivity index (χ0v) is 14.2. The van der Waals surface area contributed by atoms with E-state index in [1.165, 1.54) is 70.8 Å². The van der Waals surface area contributed by atoms with E-state index in [9.17, 15) is 0 Å². The summed E-state index contributed by atoms with van der Waals surface area (Å²) in [6.07, 6.45) is 14.6. The number of hydrogen-bond acceptors (Lipinski definition) is 1. The Morgan fingerprint density at radius 3 is 2.35 bits per heavy atom. The summed E-state index contributed by atoms with van der Waals surface area (Å²) in [5.74, 6) is 3.89. The topological polar surface area (TPSA) is 12.0 Å². The van der Waals surface area contributed by atoms with Gasteiger partial charge in [-0.3, -0.25) is 0 Å². The minimum absolute atomic E-state index is 0.821. The fraction of sp³-hybridized carbons (Fsp3) is 1.00. The average molecular weight is 280 g/mol. The zero-order chi connectivity index (χ0) is 14.4. The lowest BCUT2D eigenvalue weighted by molar-refractivity contribution is 0.270. The van der Waals surface area contributed by atoms with Gasteiger partial charge in [0.2, 0.25) is 0 Å². The Morgan fingerprint density at radius 2 is 1.65 bits per heavy atom. The van der Waals surface area contributed by atoms with E-state index in [1.54, 1.807) is 0 Å². The lowest BCUT2D eigenvalue weighted by atomic mass is 9.81. The molecular formula is C19H37N. The van der Waals surface area contributed by atoms with E-state index in [-0.39, 0.29) is 0 Å². The van der Waals surface area contributed by atoms with Crippen LogP contribution in [0, 0.1) is 23.7 Å². The smallest absolute Gasteiger partial charge is 0.00671 e. The maximum absolute atomic E-state index is 3.88. The van der Waals surface area contributed by atoms with E-state index in [0.29, 0.717) is 0 Å². The first-order chi connectivity index (χ1) is 9.65. The summed E-state index contributed by atoms with van der Waals surface area (Å²) < 4.78 is 0. The first kappa shape index (κ1) is 16.3. The third kappa shape index (κ3) is 5.39. The van der Waals surface area contributed by atoms with Gasteiger partial charge in [0.05, 0.1) is 0 Å². The van der Waals surface area contributed by atoms with Crippen molar-refractivity contribution in [2.45, 2.75) is 91.0 Å². The maximum atomic E-state index is 3.88. The third-order valence-corrected chi connectivity index (χ3v) is 6.08. The summed E-state index contributed by atoms with van der Waals surface area (Å²) in [6.45, 7) is 8.51. The Balaban J connectivity index is 1.59. The molecule has 0 aromatic carbocycles. The van der Waals surface area contributed by atoms with Crippen LogP contribution in [0.5, 0.6) is 0 Å². The van der Waals surface area contributed by atoms with Gasteiger partial charge in [-0.1, -0.05) is 59.3 Å². The van der Waals surface area contributed by atoms with Crippen LogP contribution < -0.4 is 5.32 Å². The standard InChI is InChI=1S/C19H37N/c1-15(2)18-5-4-6-19(12-11-18)20-14-13-17-9-7-16(3)8-10-17/h15-20H,4-14H2,1-3H3. The molecule has 0 radical (unpaired) electrons. The molecule has 2 aliphatic carbocycles. The largest absolute Gasteiger partial charge is 0.314 e. The Kier molecular flexibility index (Phi) is 6.87. The van der Waals surface area contributed by atoms with Gasteiger partial charge in [0.1, 0.15) is 0 Å². The van der Waals surface area contributed by atoms with Crippen molar-refractivity contribution in [3.05, 3.63) is 0 Å². The van der Waals surface area contributed by atoms with Crippen molar-refractivity contribution in [3.63, 3.8) is 0 Å². The summed E-state index contributed by atoms with van der Waals surface area (Å²) in [5.41, 5.74) is 0. The SMILES string of the molecule is CC1CCC(CCNC2CCCC(C(C)C)CC2)CC1. The van der Waals surface area contributed by atoms with Crippen molar-refractivity contribution in [3.8, 4) is 0 Å². The highest BCUT2D eigenvalue weighted by Gasteiger charge is 2.21. The molecule has 1 heteroatoms. The molecule has 0 aromatic rings. The minimum atomic E-state index is 0.821. The molecule has 0 aliphatic heterocycles. The highest BCUT2D eigenvalue weighted by atomic mass is 14.9. The number of hydrogen-bond donors (Lipinski definition) is 1. The first-order valence-electron chi connectivity index (χ1n) is 9.38. The average Bonchev–Trinajstić information content (AvgIpc) is 2.67. The molecule has 1 nitrogen and oxygen atoms in total. The normalized spacial score (nSPS) is 36.0. The second kappa shape index (κ2) is 8.41. The Morgan fingerprint density at radius 1 is 0.900 bits per heavy atom. The molecule has 0 aromatic heterocycles. The van der Waals surface area contributed by atoms with Gasteiger partial charge < -0.3 is 5.32 Å². The van der Waals surface area contributed by atoms with Crippen molar-refractivity contribution in [2.24, 2.45) is 23.7 Å². The van der Waals surface area contributed by atoms with E-state index < -0.39 is 0 Å². The van der Waals surface area contributed by atoms with Gasteiger partial charge in [-0.05, 0) is 55.9 Å². The van der Waals surface area contributed by atoms with Crippen molar-refractivity contribution >= 4 is 0 Å². The van der Waals surface area contributed by atoms with Crippen LogP contribution in [0.15, 0.2) is 0 Å². The fourth-order valence-electron chi connectivity index (χ4n) is 4.31.